The van der Waals surface area contributed by atoms with Gasteiger partial charge in [0.2, 0.25) is 0 Å². The third kappa shape index (κ3) is 5.23. The number of amides is 1. The van der Waals surface area contributed by atoms with Gasteiger partial charge in [0.05, 0.1) is 0 Å². The van der Waals surface area contributed by atoms with E-state index in [0.29, 0.717) is 5.56 Å². The van der Waals surface area contributed by atoms with E-state index in [4.69, 9.17) is 4.74 Å². The van der Waals surface area contributed by atoms with Gasteiger partial charge in [-0.15, -0.1) is 0 Å². The molecule has 2 rings (SSSR count). The lowest BCUT2D eigenvalue weighted by Gasteiger charge is -2.10. The Kier molecular flexibility index (Phi) is 5.99. The summed E-state index contributed by atoms with van der Waals surface area (Å²) < 4.78 is 47.0. The number of para-hydroxylation sites is 1. The first-order valence-electron chi connectivity index (χ1n) is 7.14. The summed E-state index contributed by atoms with van der Waals surface area (Å²) in [7, 11) is 0. The molecule has 8 heteroatoms. The minimum absolute atomic E-state index is 0.200. The second kappa shape index (κ2) is 8.18. The van der Waals surface area contributed by atoms with Crippen molar-refractivity contribution in [1.29, 1.82) is 0 Å². The highest BCUT2D eigenvalue weighted by atomic mass is 19.3. The average Bonchev–Trinajstić information content (AvgIpc) is 2.56. The zero-order valence-electron chi connectivity index (χ0n) is 13.1. The van der Waals surface area contributed by atoms with Crippen molar-refractivity contribution >= 4 is 17.6 Å². The number of rotatable bonds is 6. The molecule has 2 aromatic carbocycles. The van der Waals surface area contributed by atoms with Crippen molar-refractivity contribution in [2.45, 2.75) is 13.5 Å². The Hall–Kier alpha value is -3.03. The van der Waals surface area contributed by atoms with Crippen LogP contribution in [0.25, 0.3) is 0 Å². The number of carbonyl (C=O) groups is 2. The molecule has 25 heavy (non-hydrogen) atoms. The maximum Gasteiger partial charge on any atom is 0.387 e. The van der Waals surface area contributed by atoms with Crippen molar-refractivity contribution in [2.24, 2.45) is 0 Å². The highest BCUT2D eigenvalue weighted by Crippen LogP contribution is 2.21. The number of anilines is 1. The van der Waals surface area contributed by atoms with Gasteiger partial charge in [-0.05, 0) is 36.8 Å². The number of benzene rings is 2. The topological polar surface area (TPSA) is 64.6 Å². The second-order valence-corrected chi connectivity index (χ2v) is 4.96. The van der Waals surface area contributed by atoms with Gasteiger partial charge in [0.25, 0.3) is 5.91 Å². The SMILES string of the molecule is Cc1ccc(NC(=O)COC(=O)c2ccccc2OC(F)F)cc1F. The van der Waals surface area contributed by atoms with Gasteiger partial charge in [-0.2, -0.15) is 8.78 Å². The first-order chi connectivity index (χ1) is 11.9. The molecule has 0 saturated heterocycles. The Balaban J connectivity index is 1.95. The smallest absolute Gasteiger partial charge is 0.387 e. The molecular weight excluding hydrogens is 339 g/mol. The van der Waals surface area contributed by atoms with Gasteiger partial charge in [-0.25, -0.2) is 9.18 Å². The van der Waals surface area contributed by atoms with Crippen LogP contribution in [0.5, 0.6) is 5.75 Å². The molecule has 0 atom stereocenters. The molecule has 0 bridgehead atoms. The first-order valence-corrected chi connectivity index (χ1v) is 7.14. The van der Waals surface area contributed by atoms with E-state index >= 15 is 0 Å². The number of aryl methyl sites for hydroxylation is 1. The van der Waals surface area contributed by atoms with Gasteiger partial charge in [0, 0.05) is 5.69 Å². The van der Waals surface area contributed by atoms with Gasteiger partial charge < -0.3 is 14.8 Å². The molecule has 5 nitrogen and oxygen atoms in total. The Morgan fingerprint density at radius 3 is 2.56 bits per heavy atom. The Morgan fingerprint density at radius 2 is 1.88 bits per heavy atom. The molecule has 0 radical (unpaired) electrons. The van der Waals surface area contributed by atoms with E-state index in [1.54, 1.807) is 6.92 Å². The monoisotopic (exact) mass is 353 g/mol. The quantitative estimate of drug-likeness (QED) is 0.807. The van der Waals surface area contributed by atoms with E-state index in [-0.39, 0.29) is 17.0 Å². The normalized spacial score (nSPS) is 10.4. The zero-order valence-corrected chi connectivity index (χ0v) is 13.1. The molecule has 1 amide bonds. The number of alkyl halides is 2. The zero-order chi connectivity index (χ0) is 18.4. The predicted molar refractivity (Wildman–Crippen MR) is 83.1 cm³/mol. The molecule has 0 saturated carbocycles. The molecule has 0 aromatic heterocycles. The summed E-state index contributed by atoms with van der Waals surface area (Å²) in [6.45, 7) is -2.20. The van der Waals surface area contributed by atoms with Gasteiger partial charge in [-0.1, -0.05) is 18.2 Å². The molecule has 0 aliphatic rings. The summed E-state index contributed by atoms with van der Waals surface area (Å²) in [6.07, 6.45) is 0. The molecule has 0 heterocycles. The van der Waals surface area contributed by atoms with Crippen LogP contribution in [0.1, 0.15) is 15.9 Å². The second-order valence-electron chi connectivity index (χ2n) is 4.96. The van der Waals surface area contributed by atoms with Crippen LogP contribution < -0.4 is 10.1 Å². The largest absolute Gasteiger partial charge is 0.452 e. The van der Waals surface area contributed by atoms with Crippen LogP contribution in [0.2, 0.25) is 0 Å². The third-order valence-electron chi connectivity index (χ3n) is 3.11. The average molecular weight is 353 g/mol. The molecule has 0 spiro atoms. The van der Waals surface area contributed by atoms with Crippen molar-refractivity contribution in [2.75, 3.05) is 11.9 Å². The van der Waals surface area contributed by atoms with E-state index in [0.717, 1.165) is 6.07 Å². The molecule has 1 N–H and O–H groups in total. The number of halogens is 3. The molecule has 0 fully saturated rings. The van der Waals surface area contributed by atoms with Crippen LogP contribution in [0.15, 0.2) is 42.5 Å². The molecule has 0 aliphatic heterocycles. The fourth-order valence-electron chi connectivity index (χ4n) is 1.91. The number of hydrogen-bond donors (Lipinski definition) is 1. The van der Waals surface area contributed by atoms with Crippen LogP contribution in [0.3, 0.4) is 0 Å². The Bertz CT molecular complexity index is 780. The number of hydrogen-bond acceptors (Lipinski definition) is 4. The van der Waals surface area contributed by atoms with E-state index in [2.05, 4.69) is 10.1 Å². The van der Waals surface area contributed by atoms with Crippen LogP contribution in [-0.2, 0) is 9.53 Å². The van der Waals surface area contributed by atoms with Crippen molar-refractivity contribution in [1.82, 2.24) is 0 Å². The van der Waals surface area contributed by atoms with E-state index in [9.17, 15) is 22.8 Å². The number of nitrogens with one attached hydrogen (secondary N) is 1. The maximum absolute atomic E-state index is 13.4. The number of carbonyl (C=O) groups excluding carboxylic acids is 2. The summed E-state index contributed by atoms with van der Waals surface area (Å²) in [5.41, 5.74) is 0.377. The fourth-order valence-corrected chi connectivity index (χ4v) is 1.91. The minimum atomic E-state index is -3.10. The van der Waals surface area contributed by atoms with Crippen molar-refractivity contribution in [3.05, 3.63) is 59.4 Å². The van der Waals surface area contributed by atoms with Crippen LogP contribution >= 0.6 is 0 Å². The Morgan fingerprint density at radius 1 is 1.16 bits per heavy atom. The maximum atomic E-state index is 13.4. The van der Waals surface area contributed by atoms with Crippen molar-refractivity contribution in [3.63, 3.8) is 0 Å². The molecule has 0 aliphatic carbocycles. The van der Waals surface area contributed by atoms with Crippen LogP contribution in [0.4, 0.5) is 18.9 Å². The van der Waals surface area contributed by atoms with Crippen LogP contribution in [-0.4, -0.2) is 25.1 Å². The highest BCUT2D eigenvalue weighted by molar-refractivity contribution is 5.96. The van der Waals surface area contributed by atoms with E-state index < -0.39 is 30.9 Å². The fraction of sp³-hybridized carbons (Fsp3) is 0.176. The summed E-state index contributed by atoms with van der Waals surface area (Å²) in [5.74, 6) is -2.55. The first kappa shape index (κ1) is 18.3. The molecular formula is C17H14F3NO4. The lowest BCUT2D eigenvalue weighted by Crippen LogP contribution is -2.21. The van der Waals surface area contributed by atoms with Crippen molar-refractivity contribution in [3.8, 4) is 5.75 Å². The lowest BCUT2D eigenvalue weighted by molar-refractivity contribution is -0.119. The third-order valence-corrected chi connectivity index (χ3v) is 3.11. The van der Waals surface area contributed by atoms with Gasteiger partial charge in [0.1, 0.15) is 17.1 Å². The number of ether oxygens (including phenoxy) is 2. The van der Waals surface area contributed by atoms with E-state index in [1.807, 2.05) is 0 Å². The number of esters is 1. The van der Waals surface area contributed by atoms with E-state index in [1.165, 1.54) is 36.4 Å². The van der Waals surface area contributed by atoms with Gasteiger partial charge >= 0.3 is 12.6 Å². The summed E-state index contributed by atoms with van der Waals surface area (Å²) in [6, 6.07) is 9.35. The van der Waals surface area contributed by atoms with Crippen molar-refractivity contribution < 1.29 is 32.2 Å². The molecule has 132 valence electrons. The molecule has 0 unspecified atom stereocenters. The van der Waals surface area contributed by atoms with Gasteiger partial charge in [-0.3, -0.25) is 4.79 Å². The van der Waals surface area contributed by atoms with Gasteiger partial charge in [0.15, 0.2) is 6.61 Å². The Labute approximate surface area is 141 Å². The lowest BCUT2D eigenvalue weighted by atomic mass is 10.2. The minimum Gasteiger partial charge on any atom is -0.452 e. The standard InChI is InChI=1S/C17H14F3NO4/c1-10-6-7-11(8-13(10)18)21-15(22)9-24-16(23)12-4-2-3-5-14(12)25-17(19)20/h2-8,17H,9H2,1H3,(H,21,22). The summed E-state index contributed by atoms with van der Waals surface area (Å²) >= 11 is 0. The summed E-state index contributed by atoms with van der Waals surface area (Å²) in [4.78, 5) is 23.7. The predicted octanol–water partition coefficient (Wildman–Crippen LogP) is 3.53. The van der Waals surface area contributed by atoms with Crippen LogP contribution in [0, 0.1) is 12.7 Å². The molecule has 2 aromatic rings. The highest BCUT2D eigenvalue weighted by Gasteiger charge is 2.17. The summed E-state index contributed by atoms with van der Waals surface area (Å²) in [5, 5.41) is 2.36.